The van der Waals surface area contributed by atoms with E-state index in [1.807, 2.05) is 6.92 Å². The smallest absolute Gasteiger partial charge is 0.204 e. The first kappa shape index (κ1) is 10.2. The highest BCUT2D eigenvalue weighted by molar-refractivity contribution is 9.10. The van der Waals surface area contributed by atoms with Crippen molar-refractivity contribution in [1.29, 1.82) is 0 Å². The number of imidazole rings is 1. The average molecular weight is 270 g/mol. The van der Waals surface area contributed by atoms with E-state index in [-0.39, 0.29) is 5.82 Å². The predicted octanol–water partition coefficient (Wildman–Crippen LogP) is 3.36. The number of nitrogens with one attached hydrogen (secondary N) is 2. The van der Waals surface area contributed by atoms with E-state index in [1.165, 1.54) is 6.07 Å². The number of halogens is 2. The molecule has 0 spiro atoms. The third-order valence-electron chi connectivity index (χ3n) is 2.02. The molecule has 1 aromatic heterocycles. The summed E-state index contributed by atoms with van der Waals surface area (Å²) in [5.41, 5.74) is 1.64. The van der Waals surface area contributed by atoms with Gasteiger partial charge in [-0.1, -0.05) is 0 Å². The van der Waals surface area contributed by atoms with E-state index in [0.717, 1.165) is 11.3 Å². The van der Waals surface area contributed by atoms with Crippen molar-refractivity contribution in [3.05, 3.63) is 40.4 Å². The molecular formula is C10H9BrFN3. The van der Waals surface area contributed by atoms with Crippen molar-refractivity contribution in [2.75, 3.05) is 5.32 Å². The first-order valence-electron chi connectivity index (χ1n) is 4.39. The van der Waals surface area contributed by atoms with Crippen LogP contribution in [-0.4, -0.2) is 9.97 Å². The van der Waals surface area contributed by atoms with Gasteiger partial charge in [0.15, 0.2) is 0 Å². The maximum Gasteiger partial charge on any atom is 0.204 e. The molecule has 0 atom stereocenters. The molecule has 2 N–H and O–H groups in total. The molecule has 3 nitrogen and oxygen atoms in total. The van der Waals surface area contributed by atoms with Gasteiger partial charge in [0.05, 0.1) is 4.47 Å². The molecule has 15 heavy (non-hydrogen) atoms. The summed E-state index contributed by atoms with van der Waals surface area (Å²) in [7, 11) is 0. The highest BCUT2D eigenvalue weighted by Gasteiger charge is 2.05. The highest BCUT2D eigenvalue weighted by atomic mass is 79.9. The quantitative estimate of drug-likeness (QED) is 0.878. The van der Waals surface area contributed by atoms with E-state index in [0.29, 0.717) is 10.4 Å². The van der Waals surface area contributed by atoms with Crippen molar-refractivity contribution in [2.24, 2.45) is 0 Å². The van der Waals surface area contributed by atoms with Gasteiger partial charge in [-0.3, -0.25) is 0 Å². The van der Waals surface area contributed by atoms with Crippen LogP contribution in [0.25, 0.3) is 0 Å². The normalized spacial score (nSPS) is 10.3. The van der Waals surface area contributed by atoms with Crippen molar-refractivity contribution < 1.29 is 4.39 Å². The molecule has 1 heterocycles. The van der Waals surface area contributed by atoms with Crippen LogP contribution in [0.2, 0.25) is 0 Å². The van der Waals surface area contributed by atoms with E-state index in [2.05, 4.69) is 31.2 Å². The summed E-state index contributed by atoms with van der Waals surface area (Å²) in [4.78, 5) is 6.94. The van der Waals surface area contributed by atoms with Crippen molar-refractivity contribution in [3.8, 4) is 0 Å². The second kappa shape index (κ2) is 4.02. The van der Waals surface area contributed by atoms with Crippen molar-refractivity contribution in [2.45, 2.75) is 6.92 Å². The summed E-state index contributed by atoms with van der Waals surface area (Å²) in [5, 5.41) is 3.06. The molecule has 1 aromatic carbocycles. The van der Waals surface area contributed by atoms with Gasteiger partial charge in [0.25, 0.3) is 0 Å². The van der Waals surface area contributed by atoms with E-state index < -0.39 is 0 Å². The van der Waals surface area contributed by atoms with Crippen LogP contribution in [0.1, 0.15) is 5.56 Å². The van der Waals surface area contributed by atoms with Gasteiger partial charge in [-0.15, -0.1) is 0 Å². The molecule has 0 aliphatic rings. The Kier molecular flexibility index (Phi) is 2.73. The van der Waals surface area contributed by atoms with Gasteiger partial charge in [-0.25, -0.2) is 9.37 Å². The Bertz CT molecular complexity index is 468. The number of hydrogen-bond donors (Lipinski definition) is 2. The molecule has 0 unspecified atom stereocenters. The molecule has 78 valence electrons. The number of H-pyrrole nitrogens is 1. The second-order valence-corrected chi connectivity index (χ2v) is 4.00. The SMILES string of the molecule is Cc1cc(F)c(Br)cc1Nc1ncc[nH]1. The van der Waals surface area contributed by atoms with Crippen LogP contribution >= 0.6 is 15.9 Å². The molecule has 0 bridgehead atoms. The molecular weight excluding hydrogens is 261 g/mol. The first-order chi connectivity index (χ1) is 7.16. The Hall–Kier alpha value is -1.36. The summed E-state index contributed by atoms with van der Waals surface area (Å²) in [5.74, 6) is 0.370. The molecule has 0 aliphatic carbocycles. The van der Waals surface area contributed by atoms with Gasteiger partial charge in [0.2, 0.25) is 5.95 Å². The highest BCUT2D eigenvalue weighted by Crippen LogP contribution is 2.25. The van der Waals surface area contributed by atoms with E-state index in [1.54, 1.807) is 18.5 Å². The zero-order valence-corrected chi connectivity index (χ0v) is 9.60. The van der Waals surface area contributed by atoms with Crippen LogP contribution in [-0.2, 0) is 0 Å². The number of nitrogens with zero attached hydrogens (tertiary/aromatic N) is 1. The van der Waals surface area contributed by atoms with Crippen molar-refractivity contribution in [3.63, 3.8) is 0 Å². The lowest BCUT2D eigenvalue weighted by Gasteiger charge is -2.07. The predicted molar refractivity (Wildman–Crippen MR) is 60.7 cm³/mol. The first-order valence-corrected chi connectivity index (χ1v) is 5.18. The fraction of sp³-hybridized carbons (Fsp3) is 0.100. The standard InChI is InChI=1S/C10H9BrFN3/c1-6-4-8(12)7(11)5-9(6)15-10-13-2-3-14-10/h2-5H,1H3,(H2,13,14,15). The van der Waals surface area contributed by atoms with Gasteiger partial charge in [-0.2, -0.15) is 0 Å². The summed E-state index contributed by atoms with van der Waals surface area (Å²) in [6.07, 6.45) is 3.37. The summed E-state index contributed by atoms with van der Waals surface area (Å²) in [6.45, 7) is 1.83. The summed E-state index contributed by atoms with van der Waals surface area (Å²) >= 11 is 3.14. The lowest BCUT2D eigenvalue weighted by molar-refractivity contribution is 0.620. The summed E-state index contributed by atoms with van der Waals surface area (Å²) < 4.78 is 13.6. The Morgan fingerprint density at radius 2 is 2.27 bits per heavy atom. The molecule has 0 amide bonds. The maximum atomic E-state index is 13.1. The maximum absolute atomic E-state index is 13.1. The van der Waals surface area contributed by atoms with Gasteiger partial charge in [-0.05, 0) is 40.5 Å². The van der Waals surface area contributed by atoms with Crippen molar-refractivity contribution >= 4 is 27.6 Å². The van der Waals surface area contributed by atoms with E-state index in [4.69, 9.17) is 0 Å². The average Bonchev–Trinajstić information content (AvgIpc) is 2.67. The molecule has 0 saturated heterocycles. The molecule has 5 heteroatoms. The fourth-order valence-electron chi connectivity index (χ4n) is 1.24. The number of aryl methyl sites for hydroxylation is 1. The van der Waals surface area contributed by atoms with Crippen molar-refractivity contribution in [1.82, 2.24) is 9.97 Å². The minimum absolute atomic E-state index is 0.266. The van der Waals surface area contributed by atoms with Gasteiger partial charge in [0.1, 0.15) is 5.82 Å². The topological polar surface area (TPSA) is 40.7 Å². The Morgan fingerprint density at radius 3 is 2.93 bits per heavy atom. The van der Waals surface area contributed by atoms with Gasteiger partial charge >= 0.3 is 0 Å². The number of anilines is 2. The molecule has 2 rings (SSSR count). The Labute approximate surface area is 94.9 Å². The van der Waals surface area contributed by atoms with E-state index >= 15 is 0 Å². The molecule has 0 saturated carbocycles. The number of rotatable bonds is 2. The van der Waals surface area contributed by atoms with Crippen LogP contribution in [0.4, 0.5) is 16.0 Å². The lowest BCUT2D eigenvalue weighted by Crippen LogP contribution is -1.96. The van der Waals surface area contributed by atoms with Crippen LogP contribution in [0, 0.1) is 12.7 Å². The summed E-state index contributed by atoms with van der Waals surface area (Å²) in [6, 6.07) is 3.16. The molecule has 2 aromatic rings. The number of benzene rings is 1. The third kappa shape index (κ3) is 2.18. The number of aromatic nitrogens is 2. The van der Waals surface area contributed by atoms with Crippen LogP contribution in [0.15, 0.2) is 29.0 Å². The zero-order valence-electron chi connectivity index (χ0n) is 8.01. The van der Waals surface area contributed by atoms with Crippen LogP contribution < -0.4 is 5.32 Å². The van der Waals surface area contributed by atoms with Gasteiger partial charge in [0, 0.05) is 18.1 Å². The van der Waals surface area contributed by atoms with Crippen LogP contribution in [0.3, 0.4) is 0 Å². The largest absolute Gasteiger partial charge is 0.331 e. The number of hydrogen-bond acceptors (Lipinski definition) is 2. The zero-order chi connectivity index (χ0) is 10.8. The van der Waals surface area contributed by atoms with E-state index in [9.17, 15) is 4.39 Å². The third-order valence-corrected chi connectivity index (χ3v) is 2.63. The Morgan fingerprint density at radius 1 is 1.47 bits per heavy atom. The monoisotopic (exact) mass is 269 g/mol. The lowest BCUT2D eigenvalue weighted by atomic mass is 10.2. The van der Waals surface area contributed by atoms with Gasteiger partial charge < -0.3 is 10.3 Å². The Balaban J connectivity index is 2.33. The van der Waals surface area contributed by atoms with Crippen LogP contribution in [0.5, 0.6) is 0 Å². The molecule has 0 radical (unpaired) electrons. The fourth-order valence-corrected chi connectivity index (χ4v) is 1.59. The second-order valence-electron chi connectivity index (χ2n) is 3.14. The molecule has 0 fully saturated rings. The minimum atomic E-state index is -0.266. The minimum Gasteiger partial charge on any atom is -0.331 e. The molecule has 0 aliphatic heterocycles. The number of aromatic amines is 1.